The summed E-state index contributed by atoms with van der Waals surface area (Å²) in [6.45, 7) is 1.83. The average molecular weight is 829 g/mol. The second-order valence-electron chi connectivity index (χ2n) is 13.6. The van der Waals surface area contributed by atoms with Gasteiger partial charge in [0.1, 0.15) is 10.6 Å². The topological polar surface area (TPSA) is 170 Å². The second-order valence-corrected chi connectivity index (χ2v) is 18.2. The quantitative estimate of drug-likeness (QED) is 0.0633. The number of carbonyl (C=O) groups excluding carboxylic acids is 2. The number of sulfonamides is 1. The Hall–Kier alpha value is -4.91. The van der Waals surface area contributed by atoms with Crippen LogP contribution in [0.1, 0.15) is 44.1 Å². The van der Waals surface area contributed by atoms with Gasteiger partial charge in [0.15, 0.2) is 10.3 Å². The van der Waals surface area contributed by atoms with Gasteiger partial charge in [-0.25, -0.2) is 23.1 Å². The summed E-state index contributed by atoms with van der Waals surface area (Å²) in [7, 11) is -0.357. The number of para-hydroxylation sites is 1. The van der Waals surface area contributed by atoms with E-state index in [1.165, 1.54) is 40.3 Å². The first-order chi connectivity index (χ1) is 27.1. The number of amides is 2. The fourth-order valence-electron chi connectivity index (χ4n) is 6.36. The summed E-state index contributed by atoms with van der Waals surface area (Å²) in [4.78, 5) is 45.1. The minimum Gasteiger partial charge on any atom is -0.343 e. The highest BCUT2D eigenvalue weighted by Gasteiger charge is 2.27. The van der Waals surface area contributed by atoms with Crippen LogP contribution in [0.3, 0.4) is 0 Å². The van der Waals surface area contributed by atoms with E-state index >= 15 is 0 Å². The molecule has 1 atom stereocenters. The number of nitrogens with one attached hydrogen (secondary N) is 3. The number of nitrogens with zero attached hydrogens (tertiary/aromatic N) is 5. The molecule has 1 aliphatic heterocycles. The lowest BCUT2D eigenvalue weighted by Crippen LogP contribution is -2.33. The number of rotatable bonds is 15. The number of benzene rings is 3. The van der Waals surface area contributed by atoms with Gasteiger partial charge in [-0.1, -0.05) is 53.8 Å². The van der Waals surface area contributed by atoms with E-state index in [9.17, 15) is 23.2 Å². The smallest absolute Gasteiger partial charge is 0.284 e. The van der Waals surface area contributed by atoms with Gasteiger partial charge >= 0.3 is 0 Å². The molecule has 4 N–H and O–H groups in total. The van der Waals surface area contributed by atoms with Crippen LogP contribution in [0.25, 0.3) is 10.2 Å². The molecular formula is C39H40N8O5S4. The molecule has 0 radical (unpaired) electrons. The highest BCUT2D eigenvalue weighted by Crippen LogP contribution is 2.32. The number of carbonyl (C=O) groups is 2. The molecule has 290 valence electrons. The maximum absolute atomic E-state index is 13.5. The summed E-state index contributed by atoms with van der Waals surface area (Å²) in [6.07, 6.45) is 3.22. The summed E-state index contributed by atoms with van der Waals surface area (Å²) in [5.41, 5.74) is 5.95. The van der Waals surface area contributed by atoms with E-state index in [1.54, 1.807) is 17.8 Å². The van der Waals surface area contributed by atoms with Crippen LogP contribution in [0.2, 0.25) is 0 Å². The Balaban J connectivity index is 1.01. The summed E-state index contributed by atoms with van der Waals surface area (Å²) in [5, 5.41) is 15.5. The molecule has 0 spiro atoms. The third kappa shape index (κ3) is 9.37. The Morgan fingerprint density at radius 2 is 1.82 bits per heavy atom. The van der Waals surface area contributed by atoms with Crippen molar-refractivity contribution in [3.05, 3.63) is 119 Å². The van der Waals surface area contributed by atoms with Crippen LogP contribution in [-0.2, 0) is 29.4 Å². The third-order valence-electron chi connectivity index (χ3n) is 9.33. The number of thiazole rings is 2. The van der Waals surface area contributed by atoms with Crippen molar-refractivity contribution in [2.75, 3.05) is 48.6 Å². The monoisotopic (exact) mass is 828 g/mol. The highest BCUT2D eigenvalue weighted by atomic mass is 32.2. The van der Waals surface area contributed by atoms with Gasteiger partial charge in [-0.2, -0.15) is 0 Å². The van der Waals surface area contributed by atoms with Crippen LogP contribution >= 0.6 is 34.4 Å². The van der Waals surface area contributed by atoms with Crippen molar-refractivity contribution in [3.8, 4) is 0 Å². The molecule has 4 heterocycles. The van der Waals surface area contributed by atoms with Crippen LogP contribution in [0.5, 0.6) is 0 Å². The van der Waals surface area contributed by atoms with E-state index in [4.69, 9.17) is 0 Å². The molecule has 1 aliphatic rings. The van der Waals surface area contributed by atoms with Crippen molar-refractivity contribution in [2.24, 2.45) is 5.92 Å². The van der Waals surface area contributed by atoms with Gasteiger partial charge in [-0.15, -0.1) is 23.1 Å². The molecule has 3 aromatic heterocycles. The zero-order valence-electron chi connectivity index (χ0n) is 30.6. The van der Waals surface area contributed by atoms with E-state index in [2.05, 4.69) is 47.5 Å². The molecular weight excluding hydrogens is 789 g/mol. The van der Waals surface area contributed by atoms with E-state index in [-0.39, 0.29) is 28.1 Å². The van der Waals surface area contributed by atoms with Crippen LogP contribution in [0, 0.1) is 5.92 Å². The number of thioether (sulfide) groups is 1. The van der Waals surface area contributed by atoms with Crippen LogP contribution in [0.15, 0.2) is 100 Å². The SMILES string of the molecule is CN(C)CC[C@H](CSc1ccccc1)Cc1ncc(S(=O)(=O)NC(=O)c2csc(N3CCc4cccc(C(=O)Nc5nc6ccccc6s5)c4C3)n2)cc1NO. The lowest BCUT2D eigenvalue weighted by Gasteiger charge is -2.29. The standard InChI is InChI=1S/C39H40N8O5S4/c1-46(2)17-15-25(23-53-27-10-4-3-5-11-27)19-32-33(44-50)20-28(21-40-32)56(51,52)45-37(49)34-24-54-39(42-34)47-18-16-26-9-8-12-29(30(26)22-47)36(48)43-38-41-31-13-6-7-14-35(31)55-38/h3-14,20-21,24-25,44,50H,15-19,22-23H2,1-2H3,(H,45,49)(H,41,43,48)/t25-/m0/s1. The molecule has 0 fully saturated rings. The van der Waals surface area contributed by atoms with Gasteiger partial charge in [-0.05, 0) is 93.3 Å². The van der Waals surface area contributed by atoms with E-state index in [0.717, 1.165) is 45.0 Å². The number of hydrogen-bond acceptors (Lipinski definition) is 14. The first-order valence-corrected chi connectivity index (χ1v) is 22.0. The maximum atomic E-state index is 13.5. The number of pyridine rings is 1. The first-order valence-electron chi connectivity index (χ1n) is 17.8. The molecule has 13 nitrogen and oxygen atoms in total. The van der Waals surface area contributed by atoms with E-state index in [0.29, 0.717) is 47.5 Å². The third-order valence-corrected chi connectivity index (χ3v) is 13.7. The lowest BCUT2D eigenvalue weighted by atomic mass is 9.94. The number of anilines is 3. The van der Waals surface area contributed by atoms with Gasteiger partial charge in [0.25, 0.3) is 21.8 Å². The molecule has 0 bridgehead atoms. The van der Waals surface area contributed by atoms with Crippen LogP contribution < -0.4 is 20.4 Å². The molecule has 2 amide bonds. The molecule has 17 heteroatoms. The summed E-state index contributed by atoms with van der Waals surface area (Å²) in [5.74, 6) is -0.169. The zero-order chi connectivity index (χ0) is 39.2. The number of fused-ring (bicyclic) bond motifs is 2. The van der Waals surface area contributed by atoms with Crippen LogP contribution in [0.4, 0.5) is 16.0 Å². The Bertz CT molecular complexity index is 2420. The fourth-order valence-corrected chi connectivity index (χ4v) is 10.1. The molecule has 56 heavy (non-hydrogen) atoms. The van der Waals surface area contributed by atoms with Crippen molar-refractivity contribution < 1.29 is 23.2 Å². The van der Waals surface area contributed by atoms with Crippen LogP contribution in [-0.4, -0.2) is 78.2 Å². The summed E-state index contributed by atoms with van der Waals surface area (Å²) in [6, 6.07) is 24.7. The predicted octanol–water partition coefficient (Wildman–Crippen LogP) is 6.79. The molecule has 7 rings (SSSR count). The Morgan fingerprint density at radius 3 is 2.61 bits per heavy atom. The lowest BCUT2D eigenvalue weighted by molar-refractivity contribution is 0.0975. The van der Waals surface area contributed by atoms with Crippen molar-refractivity contribution in [2.45, 2.75) is 35.6 Å². The first kappa shape index (κ1) is 39.3. The molecule has 0 saturated carbocycles. The van der Waals surface area contributed by atoms with Gasteiger partial charge < -0.3 is 9.80 Å². The van der Waals surface area contributed by atoms with Crippen molar-refractivity contribution in [1.82, 2.24) is 24.6 Å². The Morgan fingerprint density at radius 1 is 1.02 bits per heavy atom. The second kappa shape index (κ2) is 17.5. The minimum absolute atomic E-state index is 0.0639. The predicted molar refractivity (Wildman–Crippen MR) is 223 cm³/mol. The molecule has 0 saturated heterocycles. The minimum atomic E-state index is -4.38. The fraction of sp³-hybridized carbons (Fsp3) is 0.256. The van der Waals surface area contributed by atoms with E-state index in [1.807, 2.05) is 73.6 Å². The normalized spacial score (nSPS) is 13.4. The molecule has 0 unspecified atom stereocenters. The van der Waals surface area contributed by atoms with Gasteiger partial charge in [-0.3, -0.25) is 30.6 Å². The molecule has 0 aliphatic carbocycles. The average Bonchev–Trinajstić information content (AvgIpc) is 3.86. The van der Waals surface area contributed by atoms with E-state index < -0.39 is 15.9 Å². The van der Waals surface area contributed by atoms with Crippen molar-refractivity contribution >= 4 is 82.4 Å². The Kier molecular flexibility index (Phi) is 12.3. The van der Waals surface area contributed by atoms with Crippen molar-refractivity contribution in [1.29, 1.82) is 0 Å². The highest BCUT2D eigenvalue weighted by molar-refractivity contribution is 7.99. The van der Waals surface area contributed by atoms with Gasteiger partial charge in [0.2, 0.25) is 0 Å². The summed E-state index contributed by atoms with van der Waals surface area (Å²) >= 11 is 4.36. The number of aromatic nitrogens is 3. The molecule has 3 aromatic carbocycles. The maximum Gasteiger partial charge on any atom is 0.284 e. The zero-order valence-corrected chi connectivity index (χ0v) is 33.9. The Labute approximate surface area is 337 Å². The molecule has 6 aromatic rings. The number of hydrogen-bond donors (Lipinski definition) is 4. The van der Waals surface area contributed by atoms with Gasteiger partial charge in [0, 0.05) is 40.9 Å². The van der Waals surface area contributed by atoms with Crippen molar-refractivity contribution in [3.63, 3.8) is 0 Å². The largest absolute Gasteiger partial charge is 0.343 e. The van der Waals surface area contributed by atoms with Gasteiger partial charge in [0.05, 0.1) is 21.6 Å². The summed E-state index contributed by atoms with van der Waals surface area (Å²) < 4.78 is 29.9.